The maximum Gasteiger partial charge on any atom is 0.251 e. The first-order valence-corrected chi connectivity index (χ1v) is 9.51. The summed E-state index contributed by atoms with van der Waals surface area (Å²) in [5, 5.41) is 22.4. The van der Waals surface area contributed by atoms with E-state index in [1.807, 2.05) is 24.3 Å². The van der Waals surface area contributed by atoms with Crippen LogP contribution in [0.3, 0.4) is 0 Å². The van der Waals surface area contributed by atoms with Crippen molar-refractivity contribution in [3.05, 3.63) is 35.4 Å². The van der Waals surface area contributed by atoms with Crippen LogP contribution >= 0.6 is 0 Å². The van der Waals surface area contributed by atoms with Crippen molar-refractivity contribution >= 4 is 5.91 Å². The molecule has 3 rings (SSSR count). The van der Waals surface area contributed by atoms with Crippen LogP contribution in [0.4, 0.5) is 0 Å². The lowest BCUT2D eigenvalue weighted by Crippen LogP contribution is -2.40. The van der Waals surface area contributed by atoms with Crippen LogP contribution in [0.1, 0.15) is 54.4 Å². The van der Waals surface area contributed by atoms with Gasteiger partial charge in [-0.05, 0) is 62.4 Å². The minimum absolute atomic E-state index is 0.115. The number of hydrogen-bond acceptors (Lipinski definition) is 4. The zero-order valence-electron chi connectivity index (χ0n) is 14.9. The number of nitrogens with one attached hydrogen (secondary N) is 1. The van der Waals surface area contributed by atoms with E-state index in [1.54, 1.807) is 0 Å². The number of benzene rings is 1. The SMILES string of the molecule is O=C(NCC1(O)CCCC1)c1ccc(CN2CCC(CO)CC2)cc1. The quantitative estimate of drug-likeness (QED) is 0.736. The van der Waals surface area contributed by atoms with Gasteiger partial charge in [-0.2, -0.15) is 0 Å². The van der Waals surface area contributed by atoms with Crippen molar-refractivity contribution < 1.29 is 15.0 Å². The second-order valence-electron chi connectivity index (χ2n) is 7.71. The van der Waals surface area contributed by atoms with Crippen LogP contribution < -0.4 is 5.32 Å². The standard InChI is InChI=1S/C20H30N2O3/c23-14-17-7-11-22(12-8-17)13-16-3-5-18(6-4-16)19(24)21-15-20(25)9-1-2-10-20/h3-6,17,23,25H,1-2,7-15H2,(H,21,24). The molecule has 2 fully saturated rings. The third-order valence-corrected chi connectivity index (χ3v) is 5.70. The molecule has 2 aliphatic rings. The van der Waals surface area contributed by atoms with Gasteiger partial charge < -0.3 is 15.5 Å². The summed E-state index contributed by atoms with van der Waals surface area (Å²) >= 11 is 0. The molecular formula is C20H30N2O3. The predicted octanol–water partition coefficient (Wildman–Crippen LogP) is 1.93. The summed E-state index contributed by atoms with van der Waals surface area (Å²) in [5.41, 5.74) is 1.13. The highest BCUT2D eigenvalue weighted by molar-refractivity contribution is 5.94. The molecule has 0 spiro atoms. The normalized spacial score (nSPS) is 21.4. The number of aliphatic hydroxyl groups is 2. The lowest BCUT2D eigenvalue weighted by atomic mass is 9.97. The predicted molar refractivity (Wildman–Crippen MR) is 97.3 cm³/mol. The average Bonchev–Trinajstić information content (AvgIpc) is 3.08. The summed E-state index contributed by atoms with van der Waals surface area (Å²) in [4.78, 5) is 14.7. The van der Waals surface area contributed by atoms with E-state index < -0.39 is 5.60 Å². The van der Waals surface area contributed by atoms with E-state index in [0.29, 0.717) is 24.6 Å². The molecule has 1 heterocycles. The van der Waals surface area contributed by atoms with E-state index in [0.717, 1.165) is 58.2 Å². The highest BCUT2D eigenvalue weighted by Gasteiger charge is 2.31. The molecule has 0 unspecified atom stereocenters. The van der Waals surface area contributed by atoms with Crippen molar-refractivity contribution in [2.75, 3.05) is 26.2 Å². The van der Waals surface area contributed by atoms with Crippen molar-refractivity contribution in [2.24, 2.45) is 5.92 Å². The lowest BCUT2D eigenvalue weighted by molar-refractivity contribution is 0.0449. The van der Waals surface area contributed by atoms with E-state index in [9.17, 15) is 15.0 Å². The Balaban J connectivity index is 1.47. The van der Waals surface area contributed by atoms with E-state index >= 15 is 0 Å². The highest BCUT2D eigenvalue weighted by atomic mass is 16.3. The molecule has 0 radical (unpaired) electrons. The Morgan fingerprint density at radius 1 is 1.16 bits per heavy atom. The van der Waals surface area contributed by atoms with Crippen molar-refractivity contribution in [3.8, 4) is 0 Å². The van der Waals surface area contributed by atoms with Gasteiger partial charge in [-0.3, -0.25) is 9.69 Å². The topological polar surface area (TPSA) is 72.8 Å². The molecule has 0 bridgehead atoms. The van der Waals surface area contributed by atoms with Gasteiger partial charge in [0.05, 0.1) is 5.60 Å². The maximum absolute atomic E-state index is 12.3. The fourth-order valence-electron chi connectivity index (χ4n) is 3.90. The molecule has 1 aliphatic carbocycles. The fraction of sp³-hybridized carbons (Fsp3) is 0.650. The Morgan fingerprint density at radius 2 is 1.80 bits per heavy atom. The molecule has 1 aliphatic heterocycles. The van der Waals surface area contributed by atoms with Crippen LogP contribution in [-0.2, 0) is 6.54 Å². The highest BCUT2D eigenvalue weighted by Crippen LogP contribution is 2.28. The van der Waals surface area contributed by atoms with Crippen LogP contribution in [0.2, 0.25) is 0 Å². The monoisotopic (exact) mass is 346 g/mol. The number of aliphatic hydroxyl groups excluding tert-OH is 1. The molecule has 1 aromatic rings. The van der Waals surface area contributed by atoms with Crippen LogP contribution in [0.5, 0.6) is 0 Å². The first-order chi connectivity index (χ1) is 12.1. The van der Waals surface area contributed by atoms with Crippen LogP contribution in [0.25, 0.3) is 0 Å². The van der Waals surface area contributed by atoms with E-state index in [4.69, 9.17) is 0 Å². The summed E-state index contributed by atoms with van der Waals surface area (Å²) in [6.07, 6.45) is 5.74. The molecule has 3 N–H and O–H groups in total. The molecule has 1 saturated carbocycles. The Morgan fingerprint density at radius 3 is 2.40 bits per heavy atom. The molecule has 1 saturated heterocycles. The molecule has 5 nitrogen and oxygen atoms in total. The number of carbonyl (C=O) groups is 1. The molecule has 1 aromatic carbocycles. The molecule has 1 amide bonds. The average molecular weight is 346 g/mol. The van der Waals surface area contributed by atoms with E-state index in [1.165, 1.54) is 5.56 Å². The summed E-state index contributed by atoms with van der Waals surface area (Å²) < 4.78 is 0. The second-order valence-corrected chi connectivity index (χ2v) is 7.71. The van der Waals surface area contributed by atoms with Gasteiger partial charge in [0.1, 0.15) is 0 Å². The Bertz CT molecular complexity index is 559. The van der Waals surface area contributed by atoms with Gasteiger partial charge in [-0.15, -0.1) is 0 Å². The number of rotatable bonds is 6. The smallest absolute Gasteiger partial charge is 0.251 e. The zero-order valence-corrected chi connectivity index (χ0v) is 14.9. The van der Waals surface area contributed by atoms with E-state index in [2.05, 4.69) is 10.2 Å². The summed E-state index contributed by atoms with van der Waals surface area (Å²) in [6.45, 7) is 3.57. The molecular weight excluding hydrogens is 316 g/mol. The van der Waals surface area contributed by atoms with Gasteiger partial charge in [-0.1, -0.05) is 25.0 Å². The molecule has 138 valence electrons. The number of piperidine rings is 1. The molecule has 25 heavy (non-hydrogen) atoms. The first-order valence-electron chi connectivity index (χ1n) is 9.51. The minimum atomic E-state index is -0.712. The Labute approximate surface area is 150 Å². The molecule has 5 heteroatoms. The van der Waals surface area contributed by atoms with Crippen LogP contribution in [0, 0.1) is 5.92 Å². The fourth-order valence-corrected chi connectivity index (χ4v) is 3.90. The number of likely N-dealkylation sites (tertiary alicyclic amines) is 1. The zero-order chi connectivity index (χ0) is 17.7. The van der Waals surface area contributed by atoms with E-state index in [-0.39, 0.29) is 5.91 Å². The van der Waals surface area contributed by atoms with Crippen LogP contribution in [-0.4, -0.2) is 52.9 Å². The maximum atomic E-state index is 12.3. The minimum Gasteiger partial charge on any atom is -0.396 e. The van der Waals surface area contributed by atoms with Crippen molar-refractivity contribution in [2.45, 2.75) is 50.7 Å². The first kappa shape index (κ1) is 18.4. The number of amides is 1. The summed E-state index contributed by atoms with van der Waals surface area (Å²) in [7, 11) is 0. The number of carbonyl (C=O) groups excluding carboxylic acids is 1. The Kier molecular flexibility index (Phi) is 6.10. The second kappa shape index (κ2) is 8.30. The van der Waals surface area contributed by atoms with Crippen LogP contribution in [0.15, 0.2) is 24.3 Å². The lowest BCUT2D eigenvalue weighted by Gasteiger charge is -2.31. The Hall–Kier alpha value is -1.43. The van der Waals surface area contributed by atoms with Crippen molar-refractivity contribution in [1.82, 2.24) is 10.2 Å². The van der Waals surface area contributed by atoms with Crippen molar-refractivity contribution in [3.63, 3.8) is 0 Å². The van der Waals surface area contributed by atoms with Gasteiger partial charge in [-0.25, -0.2) is 0 Å². The largest absolute Gasteiger partial charge is 0.396 e. The summed E-state index contributed by atoms with van der Waals surface area (Å²) in [5.74, 6) is 0.340. The summed E-state index contributed by atoms with van der Waals surface area (Å²) in [6, 6.07) is 7.75. The van der Waals surface area contributed by atoms with Gasteiger partial charge in [0.2, 0.25) is 0 Å². The van der Waals surface area contributed by atoms with Gasteiger partial charge in [0.15, 0.2) is 0 Å². The third kappa shape index (κ3) is 5.03. The van der Waals surface area contributed by atoms with Crippen molar-refractivity contribution in [1.29, 1.82) is 0 Å². The van der Waals surface area contributed by atoms with Gasteiger partial charge >= 0.3 is 0 Å². The van der Waals surface area contributed by atoms with Gasteiger partial charge in [0.25, 0.3) is 5.91 Å². The molecule has 0 aromatic heterocycles. The number of nitrogens with zero attached hydrogens (tertiary/aromatic N) is 1. The third-order valence-electron chi connectivity index (χ3n) is 5.70. The van der Waals surface area contributed by atoms with Gasteiger partial charge in [0, 0.05) is 25.3 Å². The number of hydrogen-bond donors (Lipinski definition) is 3. The molecule has 0 atom stereocenters.